The highest BCUT2D eigenvalue weighted by molar-refractivity contribution is 6.31. The van der Waals surface area contributed by atoms with Crippen LogP contribution < -0.4 is 11.1 Å². The first kappa shape index (κ1) is 22.8. The van der Waals surface area contributed by atoms with Crippen molar-refractivity contribution in [1.82, 2.24) is 4.90 Å². The molecule has 2 aromatic rings. The second kappa shape index (κ2) is 9.53. The Labute approximate surface area is 182 Å². The minimum atomic E-state index is -4.58. The topological polar surface area (TPSA) is 75.4 Å². The Balaban J connectivity index is 1.65. The third-order valence-electron chi connectivity index (χ3n) is 5.00. The molecular weight excluding hydrogens is 431 g/mol. The Bertz CT molecular complexity index is 1010. The van der Waals surface area contributed by atoms with Gasteiger partial charge in [0.05, 0.1) is 16.6 Å². The average Bonchev–Trinajstić information content (AvgIpc) is 3.15. The summed E-state index contributed by atoms with van der Waals surface area (Å²) < 4.78 is 38.8. The molecule has 0 bridgehead atoms. The van der Waals surface area contributed by atoms with E-state index in [1.807, 2.05) is 11.0 Å². The van der Waals surface area contributed by atoms with E-state index in [2.05, 4.69) is 5.32 Å². The number of rotatable bonds is 6. The molecule has 3 N–H and O–H groups in total. The molecule has 31 heavy (non-hydrogen) atoms. The Morgan fingerprint density at radius 2 is 2.00 bits per heavy atom. The van der Waals surface area contributed by atoms with Gasteiger partial charge in [-0.2, -0.15) is 13.2 Å². The van der Waals surface area contributed by atoms with E-state index in [9.17, 15) is 22.8 Å². The Morgan fingerprint density at radius 3 is 2.71 bits per heavy atom. The number of nitrogens with two attached hydrogens (primary N) is 1. The number of anilines is 1. The highest BCUT2D eigenvalue weighted by Crippen LogP contribution is 2.35. The van der Waals surface area contributed by atoms with Gasteiger partial charge in [0, 0.05) is 18.3 Å². The summed E-state index contributed by atoms with van der Waals surface area (Å²) in [7, 11) is 0. The molecule has 1 atom stereocenters. The summed E-state index contributed by atoms with van der Waals surface area (Å²) in [5.74, 6) is -0.834. The quantitative estimate of drug-likeness (QED) is 0.637. The minimum Gasteiger partial charge on any atom is -0.368 e. The normalized spacial score (nSPS) is 17.2. The molecule has 3 rings (SSSR count). The third-order valence-corrected chi connectivity index (χ3v) is 5.32. The van der Waals surface area contributed by atoms with Gasteiger partial charge in [-0.1, -0.05) is 29.8 Å². The lowest BCUT2D eigenvalue weighted by atomic mass is 10.1. The first-order chi connectivity index (χ1) is 14.6. The van der Waals surface area contributed by atoms with E-state index in [1.165, 1.54) is 12.1 Å². The molecule has 0 saturated carbocycles. The molecule has 1 fully saturated rings. The van der Waals surface area contributed by atoms with Crippen molar-refractivity contribution in [2.45, 2.75) is 31.6 Å². The van der Waals surface area contributed by atoms with Crippen LogP contribution in [0.5, 0.6) is 0 Å². The standard InChI is InChI=1S/C22H21ClF3N3O2/c23-18-8-6-14(12-17(18)22(24,25)26)7-9-20(30)28-16-4-1-3-15(11-16)13-29-10-2-5-19(29)21(27)31/h1,3-4,6-9,11-12,19H,2,5,10,13H2,(H2,27,31)(H,28,30)/b9-7+. The number of benzene rings is 2. The number of hydrogen-bond donors (Lipinski definition) is 2. The number of halogens is 4. The molecule has 1 heterocycles. The number of primary amides is 1. The predicted molar refractivity (Wildman–Crippen MR) is 113 cm³/mol. The SMILES string of the molecule is NC(=O)C1CCCN1Cc1cccc(NC(=O)/C=C/c2ccc(Cl)c(C(F)(F)F)c2)c1. The molecule has 1 aliphatic rings. The lowest BCUT2D eigenvalue weighted by Crippen LogP contribution is -2.39. The highest BCUT2D eigenvalue weighted by atomic mass is 35.5. The van der Waals surface area contributed by atoms with E-state index in [4.69, 9.17) is 17.3 Å². The van der Waals surface area contributed by atoms with Gasteiger partial charge in [-0.3, -0.25) is 14.5 Å². The van der Waals surface area contributed by atoms with Gasteiger partial charge in [0.1, 0.15) is 0 Å². The van der Waals surface area contributed by atoms with Crippen molar-refractivity contribution in [2.24, 2.45) is 5.73 Å². The Kier molecular flexibility index (Phi) is 7.02. The van der Waals surface area contributed by atoms with Crippen molar-refractivity contribution >= 4 is 35.2 Å². The van der Waals surface area contributed by atoms with Crippen LogP contribution in [0.2, 0.25) is 5.02 Å². The Hall–Kier alpha value is -2.84. The van der Waals surface area contributed by atoms with Crippen LogP contribution in [0.4, 0.5) is 18.9 Å². The van der Waals surface area contributed by atoms with E-state index >= 15 is 0 Å². The summed E-state index contributed by atoms with van der Waals surface area (Å²) in [6.45, 7) is 1.30. The van der Waals surface area contributed by atoms with Gasteiger partial charge in [0.2, 0.25) is 11.8 Å². The summed E-state index contributed by atoms with van der Waals surface area (Å²) in [4.78, 5) is 25.8. The number of nitrogens with zero attached hydrogens (tertiary/aromatic N) is 1. The number of carbonyl (C=O) groups excluding carboxylic acids is 2. The molecule has 2 aromatic carbocycles. The molecule has 0 aromatic heterocycles. The summed E-state index contributed by atoms with van der Waals surface area (Å²) >= 11 is 5.60. The zero-order valence-corrected chi connectivity index (χ0v) is 17.2. The second-order valence-corrected chi connectivity index (χ2v) is 7.70. The molecule has 0 aliphatic carbocycles. The fraction of sp³-hybridized carbons (Fsp3) is 0.273. The molecule has 0 spiro atoms. The number of nitrogens with one attached hydrogen (secondary N) is 1. The molecule has 9 heteroatoms. The third kappa shape index (κ3) is 6.08. The van der Waals surface area contributed by atoms with E-state index in [0.717, 1.165) is 43.2 Å². The predicted octanol–water partition coefficient (Wildman–Crippen LogP) is 4.46. The smallest absolute Gasteiger partial charge is 0.368 e. The Morgan fingerprint density at radius 1 is 1.23 bits per heavy atom. The van der Waals surface area contributed by atoms with E-state index in [0.29, 0.717) is 12.2 Å². The van der Waals surface area contributed by atoms with Gasteiger partial charge < -0.3 is 11.1 Å². The number of carbonyl (C=O) groups is 2. The van der Waals surface area contributed by atoms with Crippen LogP contribution in [0, 0.1) is 0 Å². The lowest BCUT2D eigenvalue weighted by Gasteiger charge is -2.22. The summed E-state index contributed by atoms with van der Waals surface area (Å²) in [5, 5.41) is 2.28. The van der Waals surface area contributed by atoms with Crippen molar-refractivity contribution in [3.63, 3.8) is 0 Å². The van der Waals surface area contributed by atoms with Crippen molar-refractivity contribution < 1.29 is 22.8 Å². The molecule has 164 valence electrons. The van der Waals surface area contributed by atoms with Crippen molar-refractivity contribution in [3.05, 3.63) is 70.3 Å². The van der Waals surface area contributed by atoms with Crippen LogP contribution in [0.25, 0.3) is 6.08 Å². The van der Waals surface area contributed by atoms with Gasteiger partial charge >= 0.3 is 6.18 Å². The maximum atomic E-state index is 12.9. The molecule has 2 amide bonds. The van der Waals surface area contributed by atoms with Crippen LogP contribution in [0.15, 0.2) is 48.5 Å². The summed E-state index contributed by atoms with van der Waals surface area (Å²) in [6.07, 6.45) is -0.508. The molecular formula is C22H21ClF3N3O2. The maximum Gasteiger partial charge on any atom is 0.417 e. The molecule has 1 saturated heterocycles. The molecule has 5 nitrogen and oxygen atoms in total. The van der Waals surface area contributed by atoms with E-state index in [1.54, 1.807) is 18.2 Å². The zero-order chi connectivity index (χ0) is 22.6. The van der Waals surface area contributed by atoms with Crippen LogP contribution in [0.1, 0.15) is 29.5 Å². The monoisotopic (exact) mass is 451 g/mol. The van der Waals surface area contributed by atoms with Gasteiger partial charge in [-0.25, -0.2) is 0 Å². The number of amides is 2. The van der Waals surface area contributed by atoms with Crippen molar-refractivity contribution in [1.29, 1.82) is 0 Å². The van der Waals surface area contributed by atoms with Gasteiger partial charge in [-0.15, -0.1) is 0 Å². The molecule has 1 unspecified atom stereocenters. The second-order valence-electron chi connectivity index (χ2n) is 7.29. The fourth-order valence-corrected chi connectivity index (χ4v) is 3.76. The highest BCUT2D eigenvalue weighted by Gasteiger charge is 2.33. The molecule has 0 radical (unpaired) electrons. The summed E-state index contributed by atoms with van der Waals surface area (Å²) in [5.41, 5.74) is 6.13. The van der Waals surface area contributed by atoms with Gasteiger partial charge in [0.25, 0.3) is 0 Å². The van der Waals surface area contributed by atoms with Gasteiger partial charge in [0.15, 0.2) is 0 Å². The average molecular weight is 452 g/mol. The largest absolute Gasteiger partial charge is 0.417 e. The van der Waals surface area contributed by atoms with Gasteiger partial charge in [-0.05, 0) is 60.9 Å². The van der Waals surface area contributed by atoms with Crippen LogP contribution in [-0.4, -0.2) is 29.3 Å². The van der Waals surface area contributed by atoms with Crippen LogP contribution in [0.3, 0.4) is 0 Å². The lowest BCUT2D eigenvalue weighted by molar-refractivity contribution is -0.137. The summed E-state index contributed by atoms with van der Waals surface area (Å²) in [6, 6.07) is 10.3. The molecule has 1 aliphatic heterocycles. The van der Waals surface area contributed by atoms with Crippen molar-refractivity contribution in [2.75, 3.05) is 11.9 Å². The first-order valence-electron chi connectivity index (χ1n) is 9.61. The zero-order valence-electron chi connectivity index (χ0n) is 16.5. The maximum absolute atomic E-state index is 12.9. The van der Waals surface area contributed by atoms with Crippen LogP contribution in [-0.2, 0) is 22.3 Å². The fourth-order valence-electron chi connectivity index (χ4n) is 3.54. The minimum absolute atomic E-state index is 0.201. The van der Waals surface area contributed by atoms with Crippen LogP contribution >= 0.6 is 11.6 Å². The number of alkyl halides is 3. The number of likely N-dealkylation sites (tertiary alicyclic amines) is 1. The first-order valence-corrected chi connectivity index (χ1v) is 9.99. The van der Waals surface area contributed by atoms with E-state index in [-0.39, 0.29) is 17.5 Å². The number of hydrogen-bond acceptors (Lipinski definition) is 3. The van der Waals surface area contributed by atoms with Crippen molar-refractivity contribution in [3.8, 4) is 0 Å². The van der Waals surface area contributed by atoms with E-state index < -0.39 is 22.7 Å².